The van der Waals surface area contributed by atoms with Crippen molar-refractivity contribution in [3.05, 3.63) is 11.6 Å². The van der Waals surface area contributed by atoms with Gasteiger partial charge in [0, 0.05) is 10.8 Å². The molecule has 0 radical (unpaired) electrons. The molecule has 0 N–H and O–H groups in total. The Morgan fingerprint density at radius 1 is 1.29 bits per heavy atom. The molecule has 0 aromatic heterocycles. The number of hydrogen-bond acceptors (Lipinski definition) is 2. The van der Waals surface area contributed by atoms with Crippen LogP contribution in [-0.2, 0) is 9.47 Å². The molecule has 3 fully saturated rings. The van der Waals surface area contributed by atoms with E-state index in [2.05, 4.69) is 26.8 Å². The van der Waals surface area contributed by atoms with Gasteiger partial charge < -0.3 is 9.47 Å². The number of hydrogen-bond donors (Lipinski definition) is 0. The Balaban J connectivity index is 1.85. The minimum Gasteiger partial charge on any atom is -0.367 e. The highest BCUT2D eigenvalue weighted by Gasteiger charge is 2.77. The molecule has 17 heavy (non-hydrogen) atoms. The highest BCUT2D eigenvalue weighted by molar-refractivity contribution is 5.29. The molecule has 4 rings (SSSR count). The molecule has 5 atom stereocenters. The minimum atomic E-state index is 0.0807. The van der Waals surface area contributed by atoms with Gasteiger partial charge in [0.25, 0.3) is 0 Å². The largest absolute Gasteiger partial charge is 0.367 e. The molecular weight excluding hydrogens is 212 g/mol. The summed E-state index contributed by atoms with van der Waals surface area (Å²) < 4.78 is 12.3. The standard InChI is InChI=1S/C15H22O2/c1-10-4-6-13(2)12(8-10)17-11-5-7-14(13,3)15(11)9-16-15/h8,11-12H,4-7,9H2,1-3H3/t11?,12?,13-,14+,15?/m0/s1. The molecule has 2 aliphatic carbocycles. The van der Waals surface area contributed by atoms with Crippen molar-refractivity contribution in [2.75, 3.05) is 6.61 Å². The first kappa shape index (κ1) is 10.6. The zero-order valence-corrected chi connectivity index (χ0v) is 11.1. The first-order valence-corrected chi connectivity index (χ1v) is 6.99. The fourth-order valence-corrected chi connectivity index (χ4v) is 4.83. The van der Waals surface area contributed by atoms with Crippen LogP contribution < -0.4 is 0 Å². The molecule has 94 valence electrons. The van der Waals surface area contributed by atoms with Crippen LogP contribution in [0.25, 0.3) is 0 Å². The summed E-state index contributed by atoms with van der Waals surface area (Å²) in [6.45, 7) is 8.07. The monoisotopic (exact) mass is 234 g/mol. The molecule has 2 heterocycles. The highest BCUT2D eigenvalue weighted by atomic mass is 16.6. The molecule has 2 nitrogen and oxygen atoms in total. The molecule has 0 aromatic rings. The van der Waals surface area contributed by atoms with Gasteiger partial charge in [0.05, 0.1) is 18.8 Å². The van der Waals surface area contributed by atoms with Crippen LogP contribution >= 0.6 is 0 Å². The quantitative estimate of drug-likeness (QED) is 0.474. The predicted octanol–water partition coefficient (Wildman–Crippen LogP) is 3.07. The predicted molar refractivity (Wildman–Crippen MR) is 65.8 cm³/mol. The second kappa shape index (κ2) is 2.80. The van der Waals surface area contributed by atoms with Gasteiger partial charge in [-0.25, -0.2) is 0 Å². The number of rotatable bonds is 0. The van der Waals surface area contributed by atoms with Crippen LogP contribution in [0.4, 0.5) is 0 Å². The van der Waals surface area contributed by atoms with E-state index in [1.165, 1.54) is 31.3 Å². The summed E-state index contributed by atoms with van der Waals surface area (Å²) in [4.78, 5) is 0. The van der Waals surface area contributed by atoms with E-state index < -0.39 is 0 Å². The van der Waals surface area contributed by atoms with Crippen molar-refractivity contribution < 1.29 is 9.47 Å². The molecule has 2 saturated heterocycles. The molecule has 1 spiro atoms. The van der Waals surface area contributed by atoms with Gasteiger partial charge in [-0.05, 0) is 32.6 Å². The molecule has 1 saturated carbocycles. The van der Waals surface area contributed by atoms with Crippen molar-refractivity contribution >= 4 is 0 Å². The summed E-state index contributed by atoms with van der Waals surface area (Å²) in [5, 5.41) is 0. The van der Waals surface area contributed by atoms with Crippen LogP contribution in [0.3, 0.4) is 0 Å². The van der Waals surface area contributed by atoms with E-state index in [0.29, 0.717) is 17.6 Å². The Hall–Kier alpha value is -0.340. The van der Waals surface area contributed by atoms with Crippen molar-refractivity contribution in [2.24, 2.45) is 10.8 Å². The van der Waals surface area contributed by atoms with Crippen molar-refractivity contribution in [1.29, 1.82) is 0 Å². The lowest BCUT2D eigenvalue weighted by Gasteiger charge is -2.56. The number of ether oxygens (including phenoxy) is 2. The van der Waals surface area contributed by atoms with Crippen molar-refractivity contribution in [3.8, 4) is 0 Å². The third kappa shape index (κ3) is 0.978. The van der Waals surface area contributed by atoms with Crippen LogP contribution in [0.2, 0.25) is 0 Å². The Morgan fingerprint density at radius 2 is 2.06 bits per heavy atom. The molecule has 0 amide bonds. The second-order valence-electron chi connectivity index (χ2n) is 7.02. The lowest BCUT2D eigenvalue weighted by molar-refractivity contribution is -0.190. The maximum absolute atomic E-state index is 6.40. The van der Waals surface area contributed by atoms with Crippen molar-refractivity contribution in [3.63, 3.8) is 0 Å². The second-order valence-corrected chi connectivity index (χ2v) is 7.02. The minimum absolute atomic E-state index is 0.0807. The van der Waals surface area contributed by atoms with Crippen LogP contribution in [0, 0.1) is 10.8 Å². The third-order valence-electron chi connectivity index (χ3n) is 6.49. The lowest BCUT2D eigenvalue weighted by atomic mass is 9.53. The van der Waals surface area contributed by atoms with E-state index in [-0.39, 0.29) is 11.0 Å². The molecule has 3 unspecified atom stereocenters. The van der Waals surface area contributed by atoms with Gasteiger partial charge in [-0.2, -0.15) is 0 Å². The zero-order valence-electron chi connectivity index (χ0n) is 11.1. The summed E-state index contributed by atoms with van der Waals surface area (Å²) in [5.74, 6) is 0. The molecular formula is C15H22O2. The highest BCUT2D eigenvalue weighted by Crippen LogP contribution is 2.71. The molecule has 2 bridgehead atoms. The number of allylic oxidation sites excluding steroid dienone is 1. The summed E-state index contributed by atoms with van der Waals surface area (Å²) in [5.41, 5.74) is 2.18. The van der Waals surface area contributed by atoms with Gasteiger partial charge in [-0.15, -0.1) is 0 Å². The average Bonchev–Trinajstić information content (AvgIpc) is 3.03. The van der Waals surface area contributed by atoms with E-state index in [0.717, 1.165) is 6.61 Å². The lowest BCUT2D eigenvalue weighted by Crippen LogP contribution is -2.61. The first-order valence-electron chi connectivity index (χ1n) is 6.99. The maximum atomic E-state index is 6.40. The van der Waals surface area contributed by atoms with Crippen molar-refractivity contribution in [2.45, 2.75) is 64.3 Å². The van der Waals surface area contributed by atoms with E-state index in [1.807, 2.05) is 0 Å². The summed E-state index contributed by atoms with van der Waals surface area (Å²) >= 11 is 0. The first-order chi connectivity index (χ1) is 8.02. The number of epoxide rings is 1. The Morgan fingerprint density at radius 3 is 2.76 bits per heavy atom. The van der Waals surface area contributed by atoms with Crippen LogP contribution in [0.5, 0.6) is 0 Å². The molecule has 4 aliphatic rings. The van der Waals surface area contributed by atoms with Gasteiger partial charge in [-0.1, -0.05) is 25.5 Å². The van der Waals surface area contributed by atoms with Crippen LogP contribution in [-0.4, -0.2) is 24.4 Å². The SMILES string of the molecule is CC1=CC2OC3CC[C@@](C)(C34CO4)[C@@]2(C)CC1. The topological polar surface area (TPSA) is 21.8 Å². The van der Waals surface area contributed by atoms with Gasteiger partial charge >= 0.3 is 0 Å². The fraction of sp³-hybridized carbons (Fsp3) is 0.867. The maximum Gasteiger partial charge on any atom is 0.124 e. The Kier molecular flexibility index (Phi) is 1.74. The summed E-state index contributed by atoms with van der Waals surface area (Å²) in [7, 11) is 0. The fourth-order valence-electron chi connectivity index (χ4n) is 4.83. The van der Waals surface area contributed by atoms with E-state index in [4.69, 9.17) is 9.47 Å². The number of fused-ring (bicyclic) bond motifs is 2. The van der Waals surface area contributed by atoms with Gasteiger partial charge in [-0.3, -0.25) is 0 Å². The summed E-state index contributed by atoms with van der Waals surface area (Å²) in [6, 6.07) is 0. The van der Waals surface area contributed by atoms with Gasteiger partial charge in [0.15, 0.2) is 0 Å². The molecule has 0 aromatic carbocycles. The smallest absolute Gasteiger partial charge is 0.124 e. The molecule has 2 aliphatic heterocycles. The average molecular weight is 234 g/mol. The Bertz CT molecular complexity index is 409. The van der Waals surface area contributed by atoms with Crippen molar-refractivity contribution in [1.82, 2.24) is 0 Å². The Labute approximate surface area is 103 Å². The van der Waals surface area contributed by atoms with Gasteiger partial charge in [0.2, 0.25) is 0 Å². The summed E-state index contributed by atoms with van der Waals surface area (Å²) in [6.07, 6.45) is 8.01. The normalized spacial score (nSPS) is 60.1. The molecule has 2 heteroatoms. The van der Waals surface area contributed by atoms with Gasteiger partial charge in [0.1, 0.15) is 5.60 Å². The zero-order chi connectivity index (χ0) is 11.9. The van der Waals surface area contributed by atoms with Crippen LogP contribution in [0.15, 0.2) is 11.6 Å². The third-order valence-corrected chi connectivity index (χ3v) is 6.49. The van der Waals surface area contributed by atoms with E-state index in [1.54, 1.807) is 0 Å². The van der Waals surface area contributed by atoms with E-state index >= 15 is 0 Å². The van der Waals surface area contributed by atoms with Crippen LogP contribution in [0.1, 0.15) is 46.5 Å². The van der Waals surface area contributed by atoms with E-state index in [9.17, 15) is 0 Å².